The molecule has 0 aliphatic rings. The van der Waals surface area contributed by atoms with E-state index in [1.807, 2.05) is 0 Å². The maximum atomic E-state index is 5.65. The van der Waals surface area contributed by atoms with Gasteiger partial charge in [-0.15, -0.1) is 11.3 Å². The molecule has 0 radical (unpaired) electrons. The van der Waals surface area contributed by atoms with Gasteiger partial charge in [-0.05, 0) is 67.0 Å². The van der Waals surface area contributed by atoms with Crippen molar-refractivity contribution in [3.05, 3.63) is 176 Å². The minimum atomic E-state index is 0.832. The van der Waals surface area contributed by atoms with E-state index >= 15 is 0 Å². The largest absolute Gasteiger partial charge is 0.292 e. The Morgan fingerprint density at radius 3 is 1.70 bits per heavy atom. The average Bonchev–Trinajstić information content (AvgIpc) is 3.79. The van der Waals surface area contributed by atoms with Crippen LogP contribution in [0.3, 0.4) is 0 Å². The Morgan fingerprint density at radius 1 is 0.370 bits per heavy atom. The van der Waals surface area contributed by atoms with Gasteiger partial charge in [0, 0.05) is 31.8 Å². The zero-order valence-electron chi connectivity index (χ0n) is 29.0. The molecule has 0 bridgehead atoms. The third-order valence-corrected chi connectivity index (χ3v) is 12.3. The number of hydrogen-bond acceptors (Lipinski definition) is 3. The van der Waals surface area contributed by atoms with Gasteiger partial charge < -0.3 is 0 Å². The van der Waals surface area contributed by atoms with Crippen LogP contribution in [-0.4, -0.2) is 14.5 Å². The number of nitrogens with zero attached hydrogens (tertiary/aromatic N) is 3. The highest BCUT2D eigenvalue weighted by Gasteiger charge is 2.24. The minimum absolute atomic E-state index is 0.832. The van der Waals surface area contributed by atoms with E-state index in [-0.39, 0.29) is 0 Å². The van der Waals surface area contributed by atoms with Crippen molar-refractivity contribution in [2.75, 3.05) is 0 Å². The van der Waals surface area contributed by atoms with E-state index in [4.69, 9.17) is 9.97 Å². The van der Waals surface area contributed by atoms with Crippen LogP contribution >= 0.6 is 11.3 Å². The van der Waals surface area contributed by atoms with E-state index in [0.717, 1.165) is 43.8 Å². The normalized spacial score (nSPS) is 12.1. The fourth-order valence-corrected chi connectivity index (χ4v) is 9.82. The fourth-order valence-electron chi connectivity index (χ4n) is 8.81. The Bertz CT molecular complexity index is 3450. The number of aromatic nitrogens is 3. The van der Waals surface area contributed by atoms with Gasteiger partial charge in [-0.1, -0.05) is 158 Å². The number of hydrogen-bond donors (Lipinski definition) is 0. The summed E-state index contributed by atoms with van der Waals surface area (Å²) < 4.78 is 3.58. The first-order valence-electron chi connectivity index (χ1n) is 18.3. The lowest BCUT2D eigenvalue weighted by molar-refractivity contribution is 1.09. The van der Waals surface area contributed by atoms with Crippen LogP contribution in [0, 0.1) is 0 Å². The molecule has 12 aromatic rings. The smallest absolute Gasteiger partial charge is 0.165 e. The molecule has 54 heavy (non-hydrogen) atoms. The zero-order chi connectivity index (χ0) is 35.3. The Morgan fingerprint density at radius 2 is 0.926 bits per heavy atom. The second-order valence-corrected chi connectivity index (χ2v) is 15.1. The molecular formula is C50H29N3S. The van der Waals surface area contributed by atoms with Crippen LogP contribution in [0.1, 0.15) is 0 Å². The highest BCUT2D eigenvalue weighted by molar-refractivity contribution is 7.25. The maximum Gasteiger partial charge on any atom is 0.165 e. The SMILES string of the molecule is c1ccc(-c2ccc(-c3nc4sc5ccccc5c4nc3-n3c4ccc5ccccc5c4c4c5c6ccccc6c6ccccc6c5ccc43)cc2)cc1. The predicted molar refractivity (Wildman–Crippen MR) is 230 cm³/mol. The number of rotatable bonds is 3. The minimum Gasteiger partial charge on any atom is -0.292 e. The molecule has 4 heteroatoms. The summed E-state index contributed by atoms with van der Waals surface area (Å²) in [5.41, 5.74) is 7.42. The highest BCUT2D eigenvalue weighted by Crippen LogP contribution is 2.46. The molecule has 0 saturated carbocycles. The monoisotopic (exact) mass is 703 g/mol. The molecule has 0 unspecified atom stereocenters. The Kier molecular flexibility index (Phi) is 6.21. The Hall–Kier alpha value is -6.88. The molecule has 0 amide bonds. The average molecular weight is 704 g/mol. The Labute approximate surface area is 314 Å². The third kappa shape index (κ3) is 4.17. The molecule has 3 aromatic heterocycles. The van der Waals surface area contributed by atoms with Crippen molar-refractivity contribution in [1.29, 1.82) is 0 Å². The summed E-state index contributed by atoms with van der Waals surface area (Å²) in [6.07, 6.45) is 0. The predicted octanol–water partition coefficient (Wildman–Crippen LogP) is 13.9. The topological polar surface area (TPSA) is 30.7 Å². The van der Waals surface area contributed by atoms with Crippen LogP contribution < -0.4 is 0 Å². The molecule has 12 rings (SSSR count). The maximum absolute atomic E-state index is 5.65. The Balaban J connectivity index is 1.27. The van der Waals surface area contributed by atoms with E-state index in [0.29, 0.717) is 0 Å². The summed E-state index contributed by atoms with van der Waals surface area (Å²) in [5, 5.41) is 13.6. The van der Waals surface area contributed by atoms with Crippen LogP contribution in [0.2, 0.25) is 0 Å². The van der Waals surface area contributed by atoms with Gasteiger partial charge in [-0.25, -0.2) is 9.97 Å². The van der Waals surface area contributed by atoms with Crippen molar-refractivity contribution < 1.29 is 0 Å². The fraction of sp³-hybridized carbons (Fsp3) is 0. The summed E-state index contributed by atoms with van der Waals surface area (Å²) in [5.74, 6) is 0.832. The second-order valence-electron chi connectivity index (χ2n) is 14.1. The molecule has 0 aliphatic heterocycles. The molecule has 0 spiro atoms. The standard InChI is InChI=1S/C50H29N3S/c1-2-12-30(13-3-1)31-22-24-33(25-23-31)47-49(51-48-40-20-10-11-21-43(40)54-50(48)52-47)53-41-28-26-32-14-4-5-15-34(32)45(41)46-42(53)29-27-39-37-18-7-6-16-35(37)36-17-8-9-19-38(36)44(39)46/h1-29H. The van der Waals surface area contributed by atoms with E-state index < -0.39 is 0 Å². The molecule has 0 atom stereocenters. The number of fused-ring (bicyclic) bond motifs is 15. The van der Waals surface area contributed by atoms with Gasteiger partial charge in [0.05, 0.1) is 11.0 Å². The van der Waals surface area contributed by atoms with Crippen molar-refractivity contribution in [1.82, 2.24) is 14.5 Å². The molecule has 0 aliphatic carbocycles. The quantitative estimate of drug-likeness (QED) is 0.172. The van der Waals surface area contributed by atoms with E-state index in [1.165, 1.54) is 69.7 Å². The molecule has 3 nitrogen and oxygen atoms in total. The first-order valence-corrected chi connectivity index (χ1v) is 19.2. The highest BCUT2D eigenvalue weighted by atomic mass is 32.1. The van der Waals surface area contributed by atoms with Gasteiger partial charge in [-0.2, -0.15) is 0 Å². The van der Waals surface area contributed by atoms with E-state index in [9.17, 15) is 0 Å². The molecule has 3 heterocycles. The number of benzene rings is 9. The summed E-state index contributed by atoms with van der Waals surface area (Å²) in [6, 6.07) is 63.6. The summed E-state index contributed by atoms with van der Waals surface area (Å²) in [4.78, 5) is 12.1. The van der Waals surface area contributed by atoms with Gasteiger partial charge in [0.15, 0.2) is 5.82 Å². The molecule has 0 fully saturated rings. The van der Waals surface area contributed by atoms with Gasteiger partial charge in [0.25, 0.3) is 0 Å². The van der Waals surface area contributed by atoms with E-state index in [1.54, 1.807) is 11.3 Å². The van der Waals surface area contributed by atoms with Crippen molar-refractivity contribution in [3.63, 3.8) is 0 Å². The van der Waals surface area contributed by atoms with Crippen LogP contribution in [0.4, 0.5) is 0 Å². The van der Waals surface area contributed by atoms with E-state index in [2.05, 4.69) is 180 Å². The lowest BCUT2D eigenvalue weighted by Crippen LogP contribution is -2.03. The van der Waals surface area contributed by atoms with Crippen LogP contribution in [0.5, 0.6) is 0 Å². The van der Waals surface area contributed by atoms with Crippen LogP contribution in [0.25, 0.3) is 114 Å². The molecule has 9 aromatic carbocycles. The third-order valence-electron chi connectivity index (χ3n) is 11.2. The second kappa shape index (κ2) is 11.3. The van der Waals surface area contributed by atoms with Gasteiger partial charge in [0.2, 0.25) is 0 Å². The zero-order valence-corrected chi connectivity index (χ0v) is 29.8. The number of thiophene rings is 1. The molecule has 0 saturated heterocycles. The van der Waals surface area contributed by atoms with Gasteiger partial charge >= 0.3 is 0 Å². The lowest BCUT2D eigenvalue weighted by Gasteiger charge is -2.14. The summed E-state index contributed by atoms with van der Waals surface area (Å²) in [6.45, 7) is 0. The first-order chi connectivity index (χ1) is 26.8. The van der Waals surface area contributed by atoms with Crippen molar-refractivity contribution in [2.45, 2.75) is 0 Å². The van der Waals surface area contributed by atoms with Crippen molar-refractivity contribution in [2.24, 2.45) is 0 Å². The molecule has 0 N–H and O–H groups in total. The van der Waals surface area contributed by atoms with Gasteiger partial charge in [0.1, 0.15) is 16.0 Å². The summed E-state index contributed by atoms with van der Waals surface area (Å²) in [7, 11) is 0. The molecule has 250 valence electrons. The van der Waals surface area contributed by atoms with Crippen LogP contribution in [-0.2, 0) is 0 Å². The van der Waals surface area contributed by atoms with Crippen molar-refractivity contribution in [3.8, 4) is 28.2 Å². The lowest BCUT2D eigenvalue weighted by atomic mass is 9.91. The van der Waals surface area contributed by atoms with Gasteiger partial charge in [-0.3, -0.25) is 4.57 Å². The molecular weight excluding hydrogens is 675 g/mol. The first kappa shape index (κ1) is 29.7. The summed E-state index contributed by atoms with van der Waals surface area (Å²) >= 11 is 1.71. The van der Waals surface area contributed by atoms with Crippen molar-refractivity contribution >= 4 is 96.7 Å². The van der Waals surface area contributed by atoms with Crippen LogP contribution in [0.15, 0.2) is 176 Å².